The van der Waals surface area contributed by atoms with Gasteiger partial charge in [-0.25, -0.2) is 0 Å². The van der Waals surface area contributed by atoms with Crippen LogP contribution in [-0.4, -0.2) is 39.4 Å². The molecule has 0 aromatic heterocycles. The predicted octanol–water partition coefficient (Wildman–Crippen LogP) is 4.53. The molecule has 0 fully saturated rings. The lowest BCUT2D eigenvalue weighted by atomic mass is 11.6. The summed E-state index contributed by atoms with van der Waals surface area (Å²) in [5.41, 5.74) is 0. The van der Waals surface area contributed by atoms with Gasteiger partial charge in [0.15, 0.2) is 15.2 Å². The van der Waals surface area contributed by atoms with Gasteiger partial charge in [0.2, 0.25) is 0 Å². The summed E-state index contributed by atoms with van der Waals surface area (Å²) in [6, 6.07) is 0. The van der Waals surface area contributed by atoms with Crippen molar-refractivity contribution in [3.05, 3.63) is 0 Å². The monoisotopic (exact) mass is 273 g/mol. The van der Waals surface area contributed by atoms with E-state index >= 15 is 0 Å². The molecule has 0 saturated heterocycles. The second-order valence-corrected chi connectivity index (χ2v) is 28.4. The first-order valence-electron chi connectivity index (χ1n) is 6.12. The van der Waals surface area contributed by atoms with E-state index in [-0.39, 0.29) is 0 Å². The Kier molecular flexibility index (Phi) is 4.81. The molecule has 89 valence electrons. The topological polar surface area (TPSA) is 0 Å². The van der Waals surface area contributed by atoms with Gasteiger partial charge in [0, 0.05) is 24.2 Å². The molecule has 0 aliphatic heterocycles. The highest BCUT2D eigenvalue weighted by Crippen LogP contribution is 2.52. The van der Waals surface area contributed by atoms with Gasteiger partial charge in [-0.05, 0) is 0 Å². The van der Waals surface area contributed by atoms with Crippen molar-refractivity contribution in [1.82, 2.24) is 0 Å². The first-order chi connectivity index (χ1) is 6.31. The molecule has 0 atom stereocenters. The van der Waals surface area contributed by atoms with E-state index in [4.69, 9.17) is 0 Å². The molecule has 0 aromatic rings. The largest absolute Gasteiger partial charge is 0.194 e. The second kappa shape index (κ2) is 4.46. The SMILES string of the molecule is [CH3][Al][C]([Si](C)(C)C)([Si](C)(C)C)[Si](C)(C)C. The third-order valence-corrected chi connectivity index (χ3v) is 35.8. The maximum atomic E-state index is 2.62. The van der Waals surface area contributed by atoms with Gasteiger partial charge < -0.3 is 0 Å². The minimum atomic E-state index is -1.05. The van der Waals surface area contributed by atoms with Gasteiger partial charge in [0.05, 0.1) is 0 Å². The molecule has 0 heterocycles. The molecule has 4 heteroatoms. The van der Waals surface area contributed by atoms with E-state index in [2.05, 4.69) is 64.7 Å². The van der Waals surface area contributed by atoms with Crippen molar-refractivity contribution in [2.24, 2.45) is 0 Å². The standard InChI is InChI=1S/C10H27Si3.CH3.Al/c1-11(2,3)10(12(4,5)6)13(7,8)9;;/h1-9H3;1H3;. The fraction of sp³-hybridized carbons (Fsp3) is 1.00. The van der Waals surface area contributed by atoms with Crippen LogP contribution in [0.15, 0.2) is 0 Å². The fourth-order valence-corrected chi connectivity index (χ4v) is 42.1. The van der Waals surface area contributed by atoms with Crippen molar-refractivity contribution in [3.63, 3.8) is 0 Å². The van der Waals surface area contributed by atoms with E-state index in [0.29, 0.717) is 15.2 Å². The highest BCUT2D eigenvalue weighted by atomic mass is 28.5. The average Bonchev–Trinajstić information content (AvgIpc) is 1.76. The van der Waals surface area contributed by atoms with Gasteiger partial charge in [-0.15, -0.1) is 5.79 Å². The van der Waals surface area contributed by atoms with Crippen LogP contribution in [0.2, 0.25) is 67.9 Å². The summed E-state index contributed by atoms with van der Waals surface area (Å²) in [6.07, 6.45) is 0. The zero-order chi connectivity index (χ0) is 12.7. The number of hydrogen-bond donors (Lipinski definition) is 0. The lowest BCUT2D eigenvalue weighted by molar-refractivity contribution is 1.23. The van der Waals surface area contributed by atoms with Crippen molar-refractivity contribution < 1.29 is 0 Å². The Balaban J connectivity index is 5.78. The Morgan fingerprint density at radius 1 is 0.600 bits per heavy atom. The van der Waals surface area contributed by atoms with E-state index in [9.17, 15) is 0 Å². The molecule has 0 aromatic carbocycles. The van der Waals surface area contributed by atoms with Crippen molar-refractivity contribution in [2.75, 3.05) is 0 Å². The van der Waals surface area contributed by atoms with Gasteiger partial charge in [-0.3, -0.25) is 0 Å². The Hall–Kier alpha value is 1.18. The number of hydrogen-bond acceptors (Lipinski definition) is 0. The molecule has 0 aliphatic carbocycles. The van der Waals surface area contributed by atoms with Crippen molar-refractivity contribution in [2.45, 2.75) is 67.9 Å². The molecule has 0 saturated carbocycles. The molecule has 0 rings (SSSR count). The smallest absolute Gasteiger partial charge is 0.115 e. The van der Waals surface area contributed by atoms with Crippen LogP contribution in [0.4, 0.5) is 0 Å². The van der Waals surface area contributed by atoms with Gasteiger partial charge in [-0.1, -0.05) is 62.1 Å². The summed E-state index contributed by atoms with van der Waals surface area (Å²) in [5, 5.41) is 0. The molecule has 0 N–H and O–H groups in total. The van der Waals surface area contributed by atoms with E-state index in [1.807, 2.05) is 0 Å². The Morgan fingerprint density at radius 3 is 0.800 bits per heavy atom. The first kappa shape index (κ1) is 16.2. The molecule has 0 nitrogen and oxygen atoms in total. The molecule has 15 heavy (non-hydrogen) atoms. The normalized spacial score (nSPS) is 15.3. The lowest BCUT2D eigenvalue weighted by Gasteiger charge is -2.59. The maximum Gasteiger partial charge on any atom is 0.194 e. The molecular weight excluding hydrogens is 243 g/mol. The number of rotatable bonds is 4. The molecule has 0 spiro atoms. The van der Waals surface area contributed by atoms with Gasteiger partial charge in [0.25, 0.3) is 0 Å². The van der Waals surface area contributed by atoms with Crippen LogP contribution < -0.4 is 0 Å². The quantitative estimate of drug-likeness (QED) is 0.660. The fourth-order valence-electron chi connectivity index (χ4n) is 4.67. The van der Waals surface area contributed by atoms with Crippen LogP contribution in [0, 0.1) is 0 Å². The van der Waals surface area contributed by atoms with Crippen LogP contribution in [0.25, 0.3) is 0 Å². The summed E-state index contributed by atoms with van der Waals surface area (Å²) in [6.45, 7) is 23.6. The van der Waals surface area contributed by atoms with Crippen LogP contribution >= 0.6 is 0 Å². The van der Waals surface area contributed by atoms with E-state index in [0.717, 1.165) is 3.15 Å². The first-order valence-corrected chi connectivity index (χ1v) is 18.3. The molecular formula is C11H30AlSi3. The van der Waals surface area contributed by atoms with Crippen LogP contribution in [-0.2, 0) is 0 Å². The highest BCUT2D eigenvalue weighted by molar-refractivity contribution is 7.23. The molecule has 0 amide bonds. The third kappa shape index (κ3) is 2.71. The van der Waals surface area contributed by atoms with E-state index in [1.165, 1.54) is 0 Å². The summed E-state index contributed by atoms with van der Waals surface area (Å²) >= 11 is 0.626. The minimum Gasteiger partial charge on any atom is -0.115 e. The second-order valence-electron chi connectivity index (χ2n) is 7.85. The maximum absolute atomic E-state index is 2.62. The minimum absolute atomic E-state index is 0.626. The van der Waals surface area contributed by atoms with Crippen LogP contribution in [0.5, 0.6) is 0 Å². The molecule has 1 radical (unpaired) electrons. The zero-order valence-corrected chi connectivity index (χ0v) is 16.7. The summed E-state index contributed by atoms with van der Waals surface area (Å²) in [4.78, 5) is 0. The summed E-state index contributed by atoms with van der Waals surface area (Å²) in [7, 11) is -3.14. The summed E-state index contributed by atoms with van der Waals surface area (Å²) in [5.74, 6) is 2.54. The van der Waals surface area contributed by atoms with Crippen molar-refractivity contribution in [1.29, 1.82) is 0 Å². The molecule has 0 bridgehead atoms. The van der Waals surface area contributed by atoms with Gasteiger partial charge >= 0.3 is 0 Å². The Morgan fingerprint density at radius 2 is 0.800 bits per heavy atom. The van der Waals surface area contributed by atoms with Crippen molar-refractivity contribution >= 4 is 39.4 Å². The molecule has 0 aliphatic rings. The Labute approximate surface area is 107 Å². The third-order valence-electron chi connectivity index (χ3n) is 3.98. The van der Waals surface area contributed by atoms with Gasteiger partial charge in [-0.2, -0.15) is 0 Å². The Bertz CT molecular complexity index is 181. The van der Waals surface area contributed by atoms with Gasteiger partial charge in [0.1, 0.15) is 0 Å². The molecule has 0 unspecified atom stereocenters. The summed E-state index contributed by atoms with van der Waals surface area (Å²) < 4.78 is 0.854. The van der Waals surface area contributed by atoms with E-state index < -0.39 is 24.2 Å². The highest BCUT2D eigenvalue weighted by Gasteiger charge is 2.57. The zero-order valence-electron chi connectivity index (χ0n) is 12.6. The average molecular weight is 274 g/mol. The predicted molar refractivity (Wildman–Crippen MR) is 84.3 cm³/mol. The lowest BCUT2D eigenvalue weighted by Crippen LogP contribution is -2.68. The van der Waals surface area contributed by atoms with E-state index in [1.54, 1.807) is 0 Å². The van der Waals surface area contributed by atoms with Crippen LogP contribution in [0.3, 0.4) is 0 Å². The van der Waals surface area contributed by atoms with Crippen LogP contribution in [0.1, 0.15) is 0 Å². The van der Waals surface area contributed by atoms with Crippen molar-refractivity contribution in [3.8, 4) is 0 Å².